The molecule has 0 radical (unpaired) electrons. The standard InChI is InChI=1S/C26H36N8O4/c1-26(2,3)16-6-8-17(9-7-16)33-25(37)29-10-4-5-15(12-27)11-18-20(35)21(36)24(38-18)34-14-32-19-22(28)30-13-31-23(19)34/h6-9,13-15,21,24,35-36H,4-5,10-12,27H2,1-3H3,(H2,28,30,31)(H2,29,33,37)/t15-,21?,24+/m0/s1. The number of nitrogens with one attached hydrogen (secondary N) is 2. The largest absolute Gasteiger partial charge is 0.506 e. The van der Waals surface area contributed by atoms with Gasteiger partial charge in [-0.15, -0.1) is 0 Å². The average Bonchev–Trinajstić information content (AvgIpc) is 3.43. The number of aromatic nitrogens is 4. The number of urea groups is 1. The lowest BCUT2D eigenvalue weighted by Crippen LogP contribution is -2.30. The molecular weight excluding hydrogens is 488 g/mol. The molecule has 204 valence electrons. The van der Waals surface area contributed by atoms with Crippen LogP contribution in [0.3, 0.4) is 0 Å². The quantitative estimate of drug-likeness (QED) is 0.229. The minimum absolute atomic E-state index is 0.0228. The van der Waals surface area contributed by atoms with Gasteiger partial charge in [-0.05, 0) is 48.4 Å². The minimum Gasteiger partial charge on any atom is -0.506 e. The third-order valence-electron chi connectivity index (χ3n) is 6.65. The van der Waals surface area contributed by atoms with Crippen LogP contribution in [0.15, 0.2) is 48.4 Å². The van der Waals surface area contributed by atoms with E-state index in [0.29, 0.717) is 43.5 Å². The molecule has 38 heavy (non-hydrogen) atoms. The third kappa shape index (κ3) is 5.97. The van der Waals surface area contributed by atoms with Crippen molar-refractivity contribution in [3.63, 3.8) is 0 Å². The molecule has 1 unspecified atom stereocenters. The summed E-state index contributed by atoms with van der Waals surface area (Å²) in [6.45, 7) is 7.23. The van der Waals surface area contributed by atoms with E-state index in [2.05, 4.69) is 46.4 Å². The Balaban J connectivity index is 1.25. The molecule has 8 N–H and O–H groups in total. The zero-order chi connectivity index (χ0) is 27.4. The maximum atomic E-state index is 12.3. The number of imidazole rings is 1. The summed E-state index contributed by atoms with van der Waals surface area (Å²) in [6.07, 6.45) is 2.22. The van der Waals surface area contributed by atoms with E-state index in [9.17, 15) is 15.0 Å². The highest BCUT2D eigenvalue weighted by molar-refractivity contribution is 5.89. The Morgan fingerprint density at radius 3 is 2.63 bits per heavy atom. The van der Waals surface area contributed by atoms with Gasteiger partial charge in [0.15, 0.2) is 23.3 Å². The second kappa shape index (κ2) is 11.2. The summed E-state index contributed by atoms with van der Waals surface area (Å²) in [5, 5.41) is 26.9. The fourth-order valence-electron chi connectivity index (χ4n) is 4.38. The number of aliphatic hydroxyl groups excluding tert-OH is 2. The van der Waals surface area contributed by atoms with Crippen LogP contribution in [0.1, 0.15) is 51.8 Å². The number of nitrogens with two attached hydrogens (primary N) is 2. The number of benzene rings is 1. The molecule has 0 saturated heterocycles. The van der Waals surface area contributed by atoms with Crippen molar-refractivity contribution in [1.82, 2.24) is 24.8 Å². The molecule has 1 aliphatic rings. The van der Waals surface area contributed by atoms with Gasteiger partial charge in [-0.2, -0.15) is 0 Å². The molecule has 3 heterocycles. The van der Waals surface area contributed by atoms with Crippen molar-refractivity contribution >= 4 is 28.7 Å². The summed E-state index contributed by atoms with van der Waals surface area (Å²) in [7, 11) is 0. The first-order valence-corrected chi connectivity index (χ1v) is 12.6. The number of rotatable bonds is 9. The van der Waals surface area contributed by atoms with Crippen LogP contribution in [0.25, 0.3) is 11.2 Å². The van der Waals surface area contributed by atoms with E-state index >= 15 is 0 Å². The number of ether oxygens (including phenoxy) is 1. The van der Waals surface area contributed by atoms with Crippen LogP contribution < -0.4 is 22.1 Å². The lowest BCUT2D eigenvalue weighted by Gasteiger charge is -2.19. The molecule has 0 aliphatic carbocycles. The van der Waals surface area contributed by atoms with Gasteiger partial charge in [-0.3, -0.25) is 4.57 Å². The van der Waals surface area contributed by atoms with Crippen LogP contribution in [0.4, 0.5) is 16.3 Å². The third-order valence-corrected chi connectivity index (χ3v) is 6.65. The second-order valence-corrected chi connectivity index (χ2v) is 10.5. The van der Waals surface area contributed by atoms with Gasteiger partial charge in [0.1, 0.15) is 23.9 Å². The minimum atomic E-state index is -1.29. The highest BCUT2D eigenvalue weighted by Gasteiger charge is 2.38. The first-order valence-electron chi connectivity index (χ1n) is 12.6. The van der Waals surface area contributed by atoms with Gasteiger partial charge in [0.05, 0.1) is 0 Å². The normalized spacial score (nSPS) is 18.4. The predicted octanol–water partition coefficient (Wildman–Crippen LogP) is 2.93. The molecule has 3 aromatic rings. The molecule has 0 spiro atoms. The van der Waals surface area contributed by atoms with Gasteiger partial charge < -0.3 is 37.1 Å². The molecule has 2 amide bonds. The fraction of sp³-hybridized carbons (Fsp3) is 0.462. The van der Waals surface area contributed by atoms with Crippen molar-refractivity contribution in [3.8, 4) is 0 Å². The number of nitrogens with zero attached hydrogens (tertiary/aromatic N) is 4. The van der Waals surface area contributed by atoms with E-state index in [-0.39, 0.29) is 34.7 Å². The van der Waals surface area contributed by atoms with Crippen LogP contribution in [-0.2, 0) is 10.2 Å². The Morgan fingerprint density at radius 2 is 1.95 bits per heavy atom. The predicted molar refractivity (Wildman–Crippen MR) is 144 cm³/mol. The van der Waals surface area contributed by atoms with Crippen LogP contribution in [0.5, 0.6) is 0 Å². The molecule has 0 saturated carbocycles. The van der Waals surface area contributed by atoms with E-state index in [4.69, 9.17) is 16.2 Å². The number of carbonyl (C=O) groups is 1. The number of allylic oxidation sites excluding steroid dienone is 1. The second-order valence-electron chi connectivity index (χ2n) is 10.5. The van der Waals surface area contributed by atoms with Crippen molar-refractivity contribution in [1.29, 1.82) is 0 Å². The summed E-state index contributed by atoms with van der Waals surface area (Å²) in [5.41, 5.74) is 14.6. The number of anilines is 2. The Hall–Kier alpha value is -3.90. The maximum absolute atomic E-state index is 12.3. The van der Waals surface area contributed by atoms with Gasteiger partial charge in [0.2, 0.25) is 6.23 Å². The Kier molecular flexibility index (Phi) is 8.02. The number of carbonyl (C=O) groups excluding carboxylic acids is 1. The van der Waals surface area contributed by atoms with Crippen LogP contribution in [0, 0.1) is 5.92 Å². The van der Waals surface area contributed by atoms with Gasteiger partial charge in [-0.1, -0.05) is 32.9 Å². The van der Waals surface area contributed by atoms with Gasteiger partial charge >= 0.3 is 6.03 Å². The van der Waals surface area contributed by atoms with Crippen molar-refractivity contribution in [2.45, 2.75) is 57.8 Å². The van der Waals surface area contributed by atoms with E-state index in [1.165, 1.54) is 22.8 Å². The van der Waals surface area contributed by atoms with Crippen LogP contribution in [-0.4, -0.2) is 55.0 Å². The van der Waals surface area contributed by atoms with E-state index in [1.807, 2.05) is 24.3 Å². The Bertz CT molecular complexity index is 1300. The Labute approximate surface area is 221 Å². The van der Waals surface area contributed by atoms with E-state index in [1.54, 1.807) is 0 Å². The molecule has 0 bridgehead atoms. The van der Waals surface area contributed by atoms with Gasteiger partial charge in [-0.25, -0.2) is 19.7 Å². The SMILES string of the molecule is CC(C)(C)c1ccc(NC(=O)NCCC[C@H](CN)CC2=C(O)C(O)[C@H](n3cnc4c(N)ncnc43)O2)cc1. The fourth-order valence-corrected chi connectivity index (χ4v) is 4.38. The first kappa shape index (κ1) is 27.1. The van der Waals surface area contributed by atoms with Gasteiger partial charge in [0, 0.05) is 18.7 Å². The average molecular weight is 525 g/mol. The molecule has 0 fully saturated rings. The molecule has 1 aliphatic heterocycles. The van der Waals surface area contributed by atoms with Crippen molar-refractivity contribution in [2.75, 3.05) is 24.1 Å². The molecular formula is C26H36N8O4. The number of fused-ring (bicyclic) bond motifs is 1. The van der Waals surface area contributed by atoms with Gasteiger partial charge in [0.25, 0.3) is 0 Å². The molecule has 3 atom stereocenters. The smallest absolute Gasteiger partial charge is 0.319 e. The molecule has 1 aromatic carbocycles. The highest BCUT2D eigenvalue weighted by atomic mass is 16.5. The Morgan fingerprint density at radius 1 is 1.21 bits per heavy atom. The van der Waals surface area contributed by atoms with Crippen molar-refractivity contribution < 1.29 is 19.7 Å². The lowest BCUT2D eigenvalue weighted by atomic mass is 9.87. The summed E-state index contributed by atoms with van der Waals surface area (Å²) in [6, 6.07) is 7.53. The van der Waals surface area contributed by atoms with Crippen LogP contribution >= 0.6 is 0 Å². The summed E-state index contributed by atoms with van der Waals surface area (Å²) in [5.74, 6) is 0.214. The summed E-state index contributed by atoms with van der Waals surface area (Å²) in [4.78, 5) is 24.5. The molecule has 2 aromatic heterocycles. The zero-order valence-electron chi connectivity index (χ0n) is 21.9. The zero-order valence-corrected chi connectivity index (χ0v) is 21.9. The summed E-state index contributed by atoms with van der Waals surface area (Å²) < 4.78 is 7.43. The number of nitrogen functional groups attached to an aromatic ring is 1. The van der Waals surface area contributed by atoms with Crippen LogP contribution in [0.2, 0.25) is 0 Å². The summed E-state index contributed by atoms with van der Waals surface area (Å²) >= 11 is 0. The van der Waals surface area contributed by atoms with E-state index < -0.39 is 12.3 Å². The monoisotopic (exact) mass is 524 g/mol. The number of aliphatic hydroxyl groups is 2. The number of amides is 2. The number of hydrogen-bond acceptors (Lipinski definition) is 9. The molecule has 4 rings (SSSR count). The van der Waals surface area contributed by atoms with E-state index in [0.717, 1.165) is 5.69 Å². The molecule has 12 nitrogen and oxygen atoms in total. The topological polar surface area (TPSA) is 186 Å². The maximum Gasteiger partial charge on any atom is 0.319 e. The van der Waals surface area contributed by atoms with Crippen molar-refractivity contribution in [2.24, 2.45) is 11.7 Å². The lowest BCUT2D eigenvalue weighted by molar-refractivity contribution is -0.00907. The van der Waals surface area contributed by atoms with Crippen molar-refractivity contribution in [3.05, 3.63) is 54.0 Å². The first-order chi connectivity index (χ1) is 18.1. The number of hydrogen-bond donors (Lipinski definition) is 6. The highest BCUT2D eigenvalue weighted by Crippen LogP contribution is 2.36. The molecule has 12 heteroatoms.